The molecule has 15 heavy (non-hydrogen) atoms. The number of nitrogens with one attached hydrogen (secondary N) is 2. The van der Waals surface area contributed by atoms with Gasteiger partial charge < -0.3 is 4.42 Å². The monoisotopic (exact) mass is 207 g/mol. The highest BCUT2D eigenvalue weighted by Crippen LogP contribution is 2.14. The van der Waals surface area contributed by atoms with Crippen LogP contribution in [0.4, 0.5) is 0 Å². The Morgan fingerprint density at radius 3 is 3.20 bits per heavy atom. The standard InChI is InChI=1S/C8H9N5O2/c9-11-7(14)4-6-10-8(13-12-6)5-2-1-3-15-5/h1-3H,4,9H2,(H,11,14)(H,10,12,13). The lowest BCUT2D eigenvalue weighted by Gasteiger charge is -1.93. The van der Waals surface area contributed by atoms with Crippen LogP contribution >= 0.6 is 0 Å². The van der Waals surface area contributed by atoms with Gasteiger partial charge in [-0.3, -0.25) is 15.3 Å². The lowest BCUT2D eigenvalue weighted by atomic mass is 10.4. The normalized spacial score (nSPS) is 10.2. The Hall–Kier alpha value is -2.15. The minimum Gasteiger partial charge on any atom is -0.461 e. The summed E-state index contributed by atoms with van der Waals surface area (Å²) in [7, 11) is 0. The molecule has 78 valence electrons. The smallest absolute Gasteiger partial charge is 0.241 e. The van der Waals surface area contributed by atoms with Gasteiger partial charge in [-0.05, 0) is 12.1 Å². The summed E-state index contributed by atoms with van der Waals surface area (Å²) in [6.07, 6.45) is 1.59. The number of amides is 1. The molecule has 0 aromatic carbocycles. The molecular formula is C8H9N5O2. The SMILES string of the molecule is NNC(=O)Cc1nc(-c2ccco2)n[nH]1. The lowest BCUT2D eigenvalue weighted by Crippen LogP contribution is -2.31. The molecular weight excluding hydrogens is 198 g/mol. The summed E-state index contributed by atoms with van der Waals surface area (Å²) in [4.78, 5) is 15.0. The van der Waals surface area contributed by atoms with Gasteiger partial charge in [-0.1, -0.05) is 0 Å². The second kappa shape index (κ2) is 3.93. The Morgan fingerprint density at radius 2 is 2.53 bits per heavy atom. The average Bonchev–Trinajstić information content (AvgIpc) is 2.85. The third-order valence-corrected chi connectivity index (χ3v) is 1.76. The maximum absolute atomic E-state index is 10.9. The van der Waals surface area contributed by atoms with Crippen molar-refractivity contribution in [3.8, 4) is 11.6 Å². The van der Waals surface area contributed by atoms with Crippen LogP contribution in [0.15, 0.2) is 22.8 Å². The second-order valence-electron chi connectivity index (χ2n) is 2.83. The van der Waals surface area contributed by atoms with Crippen LogP contribution in [-0.4, -0.2) is 21.1 Å². The first kappa shape index (κ1) is 9.41. The minimum atomic E-state index is -0.336. The van der Waals surface area contributed by atoms with E-state index < -0.39 is 0 Å². The highest BCUT2D eigenvalue weighted by atomic mass is 16.3. The number of hydrazine groups is 1. The van der Waals surface area contributed by atoms with Gasteiger partial charge in [-0.15, -0.1) is 0 Å². The van der Waals surface area contributed by atoms with E-state index in [4.69, 9.17) is 10.3 Å². The van der Waals surface area contributed by atoms with Crippen LogP contribution in [0.5, 0.6) is 0 Å². The topological polar surface area (TPSA) is 110 Å². The summed E-state index contributed by atoms with van der Waals surface area (Å²) < 4.78 is 5.09. The molecule has 2 heterocycles. The van der Waals surface area contributed by atoms with Crippen LogP contribution in [0.1, 0.15) is 5.82 Å². The molecule has 0 fully saturated rings. The number of H-pyrrole nitrogens is 1. The zero-order chi connectivity index (χ0) is 10.7. The van der Waals surface area contributed by atoms with E-state index in [2.05, 4.69) is 15.2 Å². The summed E-state index contributed by atoms with van der Waals surface area (Å²) in [5.41, 5.74) is 2.01. The van der Waals surface area contributed by atoms with Crippen molar-refractivity contribution in [2.75, 3.05) is 0 Å². The number of carbonyl (C=O) groups excluding carboxylic acids is 1. The van der Waals surface area contributed by atoms with E-state index in [1.54, 1.807) is 12.1 Å². The summed E-state index contributed by atoms with van der Waals surface area (Å²) in [6.45, 7) is 0. The van der Waals surface area contributed by atoms with E-state index in [1.165, 1.54) is 6.26 Å². The van der Waals surface area contributed by atoms with E-state index >= 15 is 0 Å². The molecule has 0 unspecified atom stereocenters. The highest BCUT2D eigenvalue weighted by molar-refractivity contribution is 5.77. The maximum Gasteiger partial charge on any atom is 0.241 e. The van der Waals surface area contributed by atoms with Gasteiger partial charge in [-0.2, -0.15) is 5.10 Å². The molecule has 0 radical (unpaired) electrons. The summed E-state index contributed by atoms with van der Waals surface area (Å²) in [5.74, 6) is 6.00. The van der Waals surface area contributed by atoms with Gasteiger partial charge in [0.05, 0.1) is 12.7 Å². The van der Waals surface area contributed by atoms with Crippen LogP contribution in [0.2, 0.25) is 0 Å². The van der Waals surface area contributed by atoms with Crippen LogP contribution < -0.4 is 11.3 Å². The van der Waals surface area contributed by atoms with Gasteiger partial charge in [0.15, 0.2) is 5.76 Å². The number of furan rings is 1. The minimum absolute atomic E-state index is 0.0597. The third-order valence-electron chi connectivity index (χ3n) is 1.76. The van der Waals surface area contributed by atoms with Gasteiger partial charge >= 0.3 is 0 Å². The molecule has 4 N–H and O–H groups in total. The number of nitrogens with zero attached hydrogens (tertiary/aromatic N) is 2. The Labute approximate surface area is 84.7 Å². The number of hydrogen-bond acceptors (Lipinski definition) is 5. The van der Waals surface area contributed by atoms with Crippen LogP contribution in [0, 0.1) is 0 Å². The van der Waals surface area contributed by atoms with Crippen molar-refractivity contribution in [3.05, 3.63) is 24.2 Å². The predicted octanol–water partition coefficient (Wildman–Crippen LogP) is -0.403. The molecule has 0 aliphatic rings. The molecule has 0 saturated heterocycles. The van der Waals surface area contributed by atoms with Gasteiger partial charge in [0.25, 0.3) is 0 Å². The van der Waals surface area contributed by atoms with Crippen molar-refractivity contribution in [2.24, 2.45) is 5.84 Å². The number of aromatic amines is 1. The molecule has 0 saturated carbocycles. The largest absolute Gasteiger partial charge is 0.461 e. The van der Waals surface area contributed by atoms with Crippen LogP contribution in [0.25, 0.3) is 11.6 Å². The molecule has 0 atom stereocenters. The van der Waals surface area contributed by atoms with Gasteiger partial charge in [0.2, 0.25) is 11.7 Å². The number of rotatable bonds is 3. The highest BCUT2D eigenvalue weighted by Gasteiger charge is 2.10. The first-order valence-corrected chi connectivity index (χ1v) is 4.24. The molecule has 0 bridgehead atoms. The fourth-order valence-electron chi connectivity index (χ4n) is 1.09. The van der Waals surface area contributed by atoms with Crippen molar-refractivity contribution in [2.45, 2.75) is 6.42 Å². The van der Waals surface area contributed by atoms with Crippen molar-refractivity contribution in [3.63, 3.8) is 0 Å². The summed E-state index contributed by atoms with van der Waals surface area (Å²) >= 11 is 0. The molecule has 0 aliphatic carbocycles. The van der Waals surface area contributed by atoms with E-state index in [0.717, 1.165) is 0 Å². The number of carbonyl (C=O) groups is 1. The second-order valence-corrected chi connectivity index (χ2v) is 2.83. The quantitative estimate of drug-likeness (QED) is 0.360. The molecule has 0 aliphatic heterocycles. The zero-order valence-corrected chi connectivity index (χ0v) is 7.73. The first-order valence-electron chi connectivity index (χ1n) is 4.24. The zero-order valence-electron chi connectivity index (χ0n) is 7.73. The molecule has 2 aromatic rings. The fraction of sp³-hybridized carbons (Fsp3) is 0.125. The molecule has 1 amide bonds. The predicted molar refractivity (Wildman–Crippen MR) is 50.1 cm³/mol. The van der Waals surface area contributed by atoms with Crippen molar-refractivity contribution >= 4 is 5.91 Å². The Balaban J connectivity index is 2.14. The van der Waals surface area contributed by atoms with Crippen LogP contribution in [0.3, 0.4) is 0 Å². The average molecular weight is 207 g/mol. The van der Waals surface area contributed by atoms with Crippen molar-refractivity contribution in [1.82, 2.24) is 20.6 Å². The lowest BCUT2D eigenvalue weighted by molar-refractivity contribution is -0.120. The van der Waals surface area contributed by atoms with E-state index in [9.17, 15) is 4.79 Å². The number of hydrogen-bond donors (Lipinski definition) is 3. The maximum atomic E-state index is 10.9. The van der Waals surface area contributed by atoms with Crippen molar-refractivity contribution < 1.29 is 9.21 Å². The fourth-order valence-corrected chi connectivity index (χ4v) is 1.09. The van der Waals surface area contributed by atoms with E-state index in [-0.39, 0.29) is 12.3 Å². The van der Waals surface area contributed by atoms with Gasteiger partial charge in [0.1, 0.15) is 5.82 Å². The van der Waals surface area contributed by atoms with Crippen molar-refractivity contribution in [1.29, 1.82) is 0 Å². The summed E-state index contributed by atoms with van der Waals surface area (Å²) in [6, 6.07) is 3.47. The van der Waals surface area contributed by atoms with Gasteiger partial charge in [0, 0.05) is 0 Å². The molecule has 0 spiro atoms. The molecule has 2 rings (SSSR count). The Kier molecular flexibility index (Phi) is 2.46. The first-order chi connectivity index (χ1) is 7.29. The number of aromatic nitrogens is 3. The molecule has 7 heteroatoms. The summed E-state index contributed by atoms with van der Waals surface area (Å²) in [5, 5.41) is 6.52. The van der Waals surface area contributed by atoms with E-state index in [0.29, 0.717) is 17.4 Å². The molecule has 2 aromatic heterocycles. The molecule has 7 nitrogen and oxygen atoms in total. The van der Waals surface area contributed by atoms with E-state index in [1.807, 2.05) is 5.43 Å². The Bertz CT molecular complexity index is 447. The Morgan fingerprint density at radius 1 is 1.67 bits per heavy atom. The van der Waals surface area contributed by atoms with Crippen LogP contribution in [-0.2, 0) is 11.2 Å². The number of nitrogens with two attached hydrogens (primary N) is 1. The third kappa shape index (κ3) is 2.02. The van der Waals surface area contributed by atoms with Gasteiger partial charge in [-0.25, -0.2) is 10.8 Å².